The minimum absolute atomic E-state index is 0.281. The van der Waals surface area contributed by atoms with Crippen molar-refractivity contribution in [3.63, 3.8) is 0 Å². The maximum Gasteiger partial charge on any atom is 0.337 e. The second-order valence-electron chi connectivity index (χ2n) is 8.89. The summed E-state index contributed by atoms with van der Waals surface area (Å²) in [4.78, 5) is 16.9. The SMILES string of the molecule is COC(=O)c1ccc(CN2CCC(N(CCc3ccccc3)Cc3ccccc3)CC2)cc1. The molecule has 3 aromatic rings. The molecule has 1 saturated heterocycles. The van der Waals surface area contributed by atoms with E-state index in [-0.39, 0.29) is 5.97 Å². The first-order valence-electron chi connectivity index (χ1n) is 11.9. The van der Waals surface area contributed by atoms with E-state index in [4.69, 9.17) is 4.74 Å². The minimum Gasteiger partial charge on any atom is -0.465 e. The number of piperidine rings is 1. The highest BCUT2D eigenvalue weighted by Crippen LogP contribution is 2.21. The second kappa shape index (κ2) is 11.8. The van der Waals surface area contributed by atoms with Gasteiger partial charge in [0.05, 0.1) is 12.7 Å². The lowest BCUT2D eigenvalue weighted by Gasteiger charge is -2.39. The van der Waals surface area contributed by atoms with Crippen molar-refractivity contribution in [3.8, 4) is 0 Å². The third-order valence-electron chi connectivity index (χ3n) is 6.61. The second-order valence-corrected chi connectivity index (χ2v) is 8.89. The van der Waals surface area contributed by atoms with Gasteiger partial charge in [0.1, 0.15) is 0 Å². The Morgan fingerprint density at radius 2 is 1.45 bits per heavy atom. The number of ether oxygens (including phenoxy) is 1. The molecule has 0 saturated carbocycles. The lowest BCUT2D eigenvalue weighted by molar-refractivity contribution is 0.0600. The van der Waals surface area contributed by atoms with Crippen molar-refractivity contribution in [2.75, 3.05) is 26.7 Å². The van der Waals surface area contributed by atoms with Gasteiger partial charge in [0, 0.05) is 25.7 Å². The summed E-state index contributed by atoms with van der Waals surface area (Å²) in [5.41, 5.74) is 4.64. The first-order valence-corrected chi connectivity index (χ1v) is 11.9. The maximum absolute atomic E-state index is 11.7. The molecule has 0 spiro atoms. The fraction of sp³-hybridized carbons (Fsp3) is 0.345. The molecule has 1 fully saturated rings. The van der Waals surface area contributed by atoms with Gasteiger partial charge in [0.25, 0.3) is 0 Å². The van der Waals surface area contributed by atoms with Gasteiger partial charge in [-0.25, -0.2) is 4.79 Å². The summed E-state index contributed by atoms with van der Waals surface area (Å²) < 4.78 is 4.80. The summed E-state index contributed by atoms with van der Waals surface area (Å²) in [6.07, 6.45) is 3.45. The third kappa shape index (κ3) is 6.77. The Kier molecular flexibility index (Phi) is 8.29. The van der Waals surface area contributed by atoms with Crippen molar-refractivity contribution < 1.29 is 9.53 Å². The third-order valence-corrected chi connectivity index (χ3v) is 6.61. The van der Waals surface area contributed by atoms with E-state index in [0.717, 1.165) is 39.1 Å². The van der Waals surface area contributed by atoms with Gasteiger partial charge < -0.3 is 4.74 Å². The number of esters is 1. The first-order chi connectivity index (χ1) is 16.2. The van der Waals surface area contributed by atoms with Crippen molar-refractivity contribution in [1.82, 2.24) is 9.80 Å². The molecule has 1 aliphatic heterocycles. The summed E-state index contributed by atoms with van der Waals surface area (Å²) in [5.74, 6) is -0.281. The van der Waals surface area contributed by atoms with Crippen LogP contribution in [0.1, 0.15) is 39.9 Å². The molecule has 0 aromatic heterocycles. The summed E-state index contributed by atoms with van der Waals surface area (Å²) in [6.45, 7) is 5.21. The van der Waals surface area contributed by atoms with E-state index in [1.807, 2.05) is 24.3 Å². The van der Waals surface area contributed by atoms with Gasteiger partial charge in [-0.15, -0.1) is 0 Å². The molecule has 4 nitrogen and oxygen atoms in total. The Balaban J connectivity index is 1.34. The molecule has 4 heteroatoms. The van der Waals surface area contributed by atoms with Crippen LogP contribution in [0.4, 0.5) is 0 Å². The molecule has 0 aliphatic carbocycles. The number of benzene rings is 3. The van der Waals surface area contributed by atoms with Crippen molar-refractivity contribution in [3.05, 3.63) is 107 Å². The summed E-state index contributed by atoms with van der Waals surface area (Å²) >= 11 is 0. The zero-order chi connectivity index (χ0) is 22.9. The van der Waals surface area contributed by atoms with E-state index >= 15 is 0 Å². The summed E-state index contributed by atoms with van der Waals surface area (Å²) in [7, 11) is 1.42. The Morgan fingerprint density at radius 3 is 2.06 bits per heavy atom. The zero-order valence-electron chi connectivity index (χ0n) is 19.5. The number of likely N-dealkylation sites (tertiary alicyclic amines) is 1. The van der Waals surface area contributed by atoms with E-state index in [9.17, 15) is 4.79 Å². The van der Waals surface area contributed by atoms with Crippen LogP contribution < -0.4 is 0 Å². The van der Waals surface area contributed by atoms with Crippen molar-refractivity contribution in [1.29, 1.82) is 0 Å². The average Bonchev–Trinajstić information content (AvgIpc) is 2.88. The maximum atomic E-state index is 11.7. The zero-order valence-corrected chi connectivity index (χ0v) is 19.5. The fourth-order valence-electron chi connectivity index (χ4n) is 4.69. The molecular weight excluding hydrogens is 408 g/mol. The molecule has 0 bridgehead atoms. The van der Waals surface area contributed by atoms with Crippen LogP contribution >= 0.6 is 0 Å². The number of carbonyl (C=O) groups excluding carboxylic acids is 1. The summed E-state index contributed by atoms with van der Waals surface area (Å²) in [6, 6.07) is 30.1. The van der Waals surface area contributed by atoms with Gasteiger partial charge in [-0.2, -0.15) is 0 Å². The molecule has 4 rings (SSSR count). The van der Waals surface area contributed by atoms with Gasteiger partial charge in [-0.1, -0.05) is 72.8 Å². The highest BCUT2D eigenvalue weighted by molar-refractivity contribution is 5.89. The lowest BCUT2D eigenvalue weighted by atomic mass is 10.00. The molecular formula is C29H34N2O2. The monoisotopic (exact) mass is 442 g/mol. The van der Waals surface area contributed by atoms with Crippen molar-refractivity contribution in [2.45, 2.75) is 38.4 Å². The molecule has 3 aromatic carbocycles. The topological polar surface area (TPSA) is 32.8 Å². The first kappa shape index (κ1) is 23.2. The molecule has 0 unspecified atom stereocenters. The lowest BCUT2D eigenvalue weighted by Crippen LogP contribution is -2.45. The van der Waals surface area contributed by atoms with Crippen LogP contribution in [0.2, 0.25) is 0 Å². The predicted octanol–water partition coefficient (Wildman–Crippen LogP) is 5.18. The van der Waals surface area contributed by atoms with Crippen LogP contribution in [0.25, 0.3) is 0 Å². The summed E-state index contributed by atoms with van der Waals surface area (Å²) in [5, 5.41) is 0. The van der Waals surface area contributed by atoms with Crippen LogP contribution in [0.15, 0.2) is 84.9 Å². The molecule has 0 N–H and O–H groups in total. The van der Waals surface area contributed by atoms with Gasteiger partial charge in [0.2, 0.25) is 0 Å². The van der Waals surface area contributed by atoms with Gasteiger partial charge in [-0.05, 0) is 61.2 Å². The molecule has 33 heavy (non-hydrogen) atoms. The van der Waals surface area contributed by atoms with Gasteiger partial charge in [0.15, 0.2) is 0 Å². The number of hydrogen-bond donors (Lipinski definition) is 0. The van der Waals surface area contributed by atoms with Crippen LogP contribution in [0.3, 0.4) is 0 Å². The normalized spacial score (nSPS) is 15.0. The van der Waals surface area contributed by atoms with E-state index in [2.05, 4.69) is 70.5 Å². The molecule has 0 radical (unpaired) electrons. The number of rotatable bonds is 9. The molecule has 1 aliphatic rings. The molecule has 1 heterocycles. The Bertz CT molecular complexity index is 981. The predicted molar refractivity (Wildman–Crippen MR) is 133 cm³/mol. The average molecular weight is 443 g/mol. The Morgan fingerprint density at radius 1 is 0.848 bits per heavy atom. The van der Waals surface area contributed by atoms with Crippen LogP contribution in [0, 0.1) is 0 Å². The Labute approximate surface area is 197 Å². The largest absolute Gasteiger partial charge is 0.465 e. The van der Waals surface area contributed by atoms with E-state index in [1.54, 1.807) is 0 Å². The van der Waals surface area contributed by atoms with Gasteiger partial charge >= 0.3 is 5.97 Å². The van der Waals surface area contributed by atoms with Crippen molar-refractivity contribution in [2.24, 2.45) is 0 Å². The highest BCUT2D eigenvalue weighted by atomic mass is 16.5. The standard InChI is InChI=1S/C29H34N2O2/c1-33-29(32)27-14-12-26(13-15-27)22-30-19-17-28(18-20-30)31(23-25-10-6-3-7-11-25)21-16-24-8-4-2-5-9-24/h2-15,28H,16-23H2,1H3. The molecule has 0 atom stereocenters. The highest BCUT2D eigenvalue weighted by Gasteiger charge is 2.24. The van der Waals surface area contributed by atoms with Crippen molar-refractivity contribution >= 4 is 5.97 Å². The van der Waals surface area contributed by atoms with Gasteiger partial charge in [-0.3, -0.25) is 9.80 Å². The quantitative estimate of drug-likeness (QED) is 0.428. The Hall–Kier alpha value is -2.95. The van der Waals surface area contributed by atoms with Crippen LogP contribution in [-0.2, 0) is 24.2 Å². The molecule has 0 amide bonds. The van der Waals surface area contributed by atoms with E-state index < -0.39 is 0 Å². The minimum atomic E-state index is -0.281. The smallest absolute Gasteiger partial charge is 0.337 e. The number of methoxy groups -OCH3 is 1. The number of nitrogens with zero attached hydrogens (tertiary/aromatic N) is 2. The van der Waals surface area contributed by atoms with Crippen LogP contribution in [-0.4, -0.2) is 48.6 Å². The van der Waals surface area contributed by atoms with Crippen LogP contribution in [0.5, 0.6) is 0 Å². The number of carbonyl (C=O) groups is 1. The van der Waals surface area contributed by atoms with E-state index in [0.29, 0.717) is 11.6 Å². The number of hydrogen-bond acceptors (Lipinski definition) is 4. The molecule has 172 valence electrons. The fourth-order valence-corrected chi connectivity index (χ4v) is 4.69. The van der Waals surface area contributed by atoms with E-state index in [1.165, 1.54) is 36.6 Å².